The Morgan fingerprint density at radius 3 is 2.64 bits per heavy atom. The van der Waals surface area contributed by atoms with Crippen molar-refractivity contribution < 1.29 is 8.42 Å². The summed E-state index contributed by atoms with van der Waals surface area (Å²) < 4.78 is 23.3. The molecule has 0 saturated heterocycles. The van der Waals surface area contributed by atoms with Crippen molar-refractivity contribution in [2.75, 3.05) is 0 Å². The smallest absolute Gasteiger partial charge is 0.206 e. The molecule has 1 aromatic heterocycles. The summed E-state index contributed by atoms with van der Waals surface area (Å²) in [6, 6.07) is 7.40. The van der Waals surface area contributed by atoms with Gasteiger partial charge in [0.15, 0.2) is 0 Å². The molecule has 2 rings (SSSR count). The fourth-order valence-corrected chi connectivity index (χ4v) is 3.39. The van der Waals surface area contributed by atoms with Gasteiger partial charge in [-0.3, -0.25) is 0 Å². The van der Waals surface area contributed by atoms with Crippen LogP contribution in [0.2, 0.25) is 0 Å². The summed E-state index contributed by atoms with van der Waals surface area (Å²) in [4.78, 5) is 0. The van der Waals surface area contributed by atoms with E-state index in [1.54, 1.807) is 6.07 Å². The molecule has 0 bridgehead atoms. The molecule has 1 heterocycles. The van der Waals surface area contributed by atoms with Crippen molar-refractivity contribution in [2.24, 2.45) is 0 Å². The maximum absolute atomic E-state index is 11.1. The molecule has 0 aliphatic carbocycles. The van der Waals surface area contributed by atoms with Gasteiger partial charge in [0.25, 0.3) is 9.05 Å². The zero-order chi connectivity index (χ0) is 10.3. The molecule has 2 nitrogen and oxygen atoms in total. The third-order valence-electron chi connectivity index (χ3n) is 1.89. The van der Waals surface area contributed by atoms with Gasteiger partial charge in [-0.25, -0.2) is 8.42 Å². The maximum Gasteiger partial charge on any atom is 0.270 e. The van der Waals surface area contributed by atoms with Crippen molar-refractivity contribution in [1.82, 2.24) is 0 Å². The Labute approximate surface area is 90.6 Å². The Hall–Kier alpha value is -0.580. The van der Waals surface area contributed by atoms with Crippen molar-refractivity contribution in [3.63, 3.8) is 0 Å². The third kappa shape index (κ3) is 1.78. The molecule has 0 N–H and O–H groups in total. The molecule has 0 atom stereocenters. The summed E-state index contributed by atoms with van der Waals surface area (Å²) in [5.41, 5.74) is 1.11. The van der Waals surface area contributed by atoms with E-state index in [0.717, 1.165) is 15.6 Å². The molecule has 0 spiro atoms. The van der Waals surface area contributed by atoms with E-state index >= 15 is 0 Å². The van der Waals surface area contributed by atoms with Gasteiger partial charge in [0.05, 0.1) is 0 Å². The van der Waals surface area contributed by atoms with E-state index in [4.69, 9.17) is 10.7 Å². The molecule has 14 heavy (non-hydrogen) atoms. The fourth-order valence-electron chi connectivity index (χ4n) is 1.26. The first-order chi connectivity index (χ1) is 6.47. The summed E-state index contributed by atoms with van der Waals surface area (Å²) in [5.74, 6) is 0. The van der Waals surface area contributed by atoms with Crippen LogP contribution in [0.3, 0.4) is 0 Å². The zero-order valence-electron chi connectivity index (χ0n) is 7.32. The van der Waals surface area contributed by atoms with E-state index in [1.807, 2.05) is 25.1 Å². The first kappa shape index (κ1) is 9.96. The molecule has 0 saturated carbocycles. The number of hydrogen-bond donors (Lipinski definition) is 0. The second-order valence-corrected chi connectivity index (χ2v) is 6.92. The van der Waals surface area contributed by atoms with Crippen molar-refractivity contribution in [3.8, 4) is 0 Å². The number of benzene rings is 1. The van der Waals surface area contributed by atoms with Crippen LogP contribution in [0, 0.1) is 6.92 Å². The lowest BCUT2D eigenvalue weighted by molar-refractivity contribution is 0.611. The van der Waals surface area contributed by atoms with Gasteiger partial charge in [0.1, 0.15) is 4.21 Å². The van der Waals surface area contributed by atoms with Crippen molar-refractivity contribution in [3.05, 3.63) is 29.8 Å². The van der Waals surface area contributed by atoms with E-state index in [-0.39, 0.29) is 4.21 Å². The number of hydrogen-bond acceptors (Lipinski definition) is 3. The van der Waals surface area contributed by atoms with Gasteiger partial charge in [0, 0.05) is 15.4 Å². The minimum Gasteiger partial charge on any atom is -0.206 e. The van der Waals surface area contributed by atoms with Gasteiger partial charge in [-0.2, -0.15) is 0 Å². The lowest BCUT2D eigenvalue weighted by Crippen LogP contribution is -1.83. The summed E-state index contributed by atoms with van der Waals surface area (Å²) in [7, 11) is 1.67. The zero-order valence-corrected chi connectivity index (χ0v) is 9.71. The third-order valence-corrected chi connectivity index (χ3v) is 5.08. The molecular weight excluding hydrogens is 240 g/mol. The summed E-state index contributed by atoms with van der Waals surface area (Å²) in [6.45, 7) is 1.96. The normalized spacial score (nSPS) is 12.1. The van der Waals surface area contributed by atoms with E-state index in [1.165, 1.54) is 11.3 Å². The summed E-state index contributed by atoms with van der Waals surface area (Å²) >= 11 is 1.19. The Bertz CT molecular complexity index is 584. The number of halogens is 1. The number of thiophene rings is 1. The number of rotatable bonds is 1. The highest BCUT2D eigenvalue weighted by molar-refractivity contribution is 8.15. The molecule has 74 valence electrons. The van der Waals surface area contributed by atoms with Crippen LogP contribution in [0.15, 0.2) is 28.5 Å². The Morgan fingerprint density at radius 1 is 1.29 bits per heavy atom. The first-order valence-electron chi connectivity index (χ1n) is 3.92. The summed E-state index contributed by atoms with van der Waals surface area (Å²) in [5, 5.41) is 0.925. The summed E-state index contributed by atoms with van der Waals surface area (Å²) in [6.07, 6.45) is 0. The molecule has 0 radical (unpaired) electrons. The van der Waals surface area contributed by atoms with Crippen LogP contribution >= 0.6 is 22.0 Å². The van der Waals surface area contributed by atoms with Crippen molar-refractivity contribution in [2.45, 2.75) is 11.1 Å². The van der Waals surface area contributed by atoms with Crippen LogP contribution in [-0.4, -0.2) is 8.42 Å². The minimum atomic E-state index is -3.59. The first-order valence-corrected chi connectivity index (χ1v) is 7.04. The largest absolute Gasteiger partial charge is 0.270 e. The van der Waals surface area contributed by atoms with E-state index in [0.29, 0.717) is 0 Å². The highest BCUT2D eigenvalue weighted by atomic mass is 35.7. The van der Waals surface area contributed by atoms with E-state index in [9.17, 15) is 8.42 Å². The second-order valence-electron chi connectivity index (χ2n) is 3.04. The van der Waals surface area contributed by atoms with Gasteiger partial charge >= 0.3 is 0 Å². The molecule has 0 amide bonds. The van der Waals surface area contributed by atoms with Gasteiger partial charge in [-0.15, -0.1) is 11.3 Å². The van der Waals surface area contributed by atoms with E-state index < -0.39 is 9.05 Å². The average molecular weight is 247 g/mol. The predicted molar refractivity (Wildman–Crippen MR) is 59.6 cm³/mol. The monoisotopic (exact) mass is 246 g/mol. The predicted octanol–water partition coefficient (Wildman–Crippen LogP) is 3.14. The Morgan fingerprint density at radius 2 is 2.00 bits per heavy atom. The number of aryl methyl sites for hydroxylation is 1. The van der Waals surface area contributed by atoms with Crippen LogP contribution in [0.4, 0.5) is 0 Å². The molecular formula is C9H7ClO2S2. The van der Waals surface area contributed by atoms with Crippen molar-refractivity contribution in [1.29, 1.82) is 0 Å². The van der Waals surface area contributed by atoms with Crippen LogP contribution in [0.1, 0.15) is 5.56 Å². The Kier molecular flexibility index (Phi) is 2.29. The molecule has 2 aromatic rings. The highest BCUT2D eigenvalue weighted by Gasteiger charge is 2.13. The minimum absolute atomic E-state index is 0.208. The molecule has 1 aromatic carbocycles. The van der Waals surface area contributed by atoms with Crippen LogP contribution in [-0.2, 0) is 9.05 Å². The maximum atomic E-state index is 11.1. The molecule has 0 unspecified atom stereocenters. The number of fused-ring (bicyclic) bond motifs is 1. The standard InChI is InChI=1S/C9H7ClO2S2/c1-6-2-3-8-7(4-6)5-9(13-8)14(10,11)12/h2-5H,1H3. The Balaban J connectivity index is 2.75. The highest BCUT2D eigenvalue weighted by Crippen LogP contribution is 2.31. The second kappa shape index (κ2) is 3.22. The van der Waals surface area contributed by atoms with E-state index in [2.05, 4.69) is 0 Å². The van der Waals surface area contributed by atoms with Crippen molar-refractivity contribution >= 4 is 41.2 Å². The molecule has 0 fully saturated rings. The SMILES string of the molecule is Cc1ccc2sc(S(=O)(=O)Cl)cc2c1. The average Bonchev–Trinajstić information content (AvgIpc) is 2.45. The van der Waals surface area contributed by atoms with Crippen LogP contribution < -0.4 is 0 Å². The quantitative estimate of drug-likeness (QED) is 0.725. The van der Waals surface area contributed by atoms with Crippen LogP contribution in [0.5, 0.6) is 0 Å². The van der Waals surface area contributed by atoms with Gasteiger partial charge < -0.3 is 0 Å². The van der Waals surface area contributed by atoms with Gasteiger partial charge in [-0.1, -0.05) is 17.7 Å². The topological polar surface area (TPSA) is 34.1 Å². The molecule has 0 aliphatic rings. The lowest BCUT2D eigenvalue weighted by Gasteiger charge is -1.89. The molecule has 0 aliphatic heterocycles. The van der Waals surface area contributed by atoms with Gasteiger partial charge in [-0.05, 0) is 24.4 Å². The fraction of sp³-hybridized carbons (Fsp3) is 0.111. The lowest BCUT2D eigenvalue weighted by atomic mass is 10.2. The van der Waals surface area contributed by atoms with Gasteiger partial charge in [0.2, 0.25) is 0 Å². The van der Waals surface area contributed by atoms with Crippen LogP contribution in [0.25, 0.3) is 10.1 Å². The molecule has 5 heteroatoms.